The lowest BCUT2D eigenvalue weighted by Gasteiger charge is -2.21. The molecular weight excluding hydrogens is 1250 g/mol. The number of carbonyl (C=O) groups excluding carboxylic acids is 4. The Morgan fingerprint density at radius 1 is 0.326 bits per heavy atom. The monoisotopic (exact) mass is 1390 g/mol. The summed E-state index contributed by atoms with van der Waals surface area (Å²) in [4.78, 5) is 72.6. The van der Waals surface area contributed by atoms with Crippen LogP contribution in [0.25, 0.3) is 0 Å². The molecule has 0 radical (unpaired) electrons. The molecule has 5 atom stereocenters. The van der Waals surface area contributed by atoms with Crippen LogP contribution in [0.2, 0.25) is 0 Å². The van der Waals surface area contributed by atoms with E-state index in [0.29, 0.717) is 37.5 Å². The fraction of sp³-hybridized carbons (Fsp3) is 0.895. The van der Waals surface area contributed by atoms with Crippen molar-refractivity contribution >= 4 is 39.5 Å². The van der Waals surface area contributed by atoms with Gasteiger partial charge in [0.15, 0.2) is 12.2 Å². The lowest BCUT2D eigenvalue weighted by atomic mass is 10.0. The first-order valence-electron chi connectivity index (χ1n) is 38.8. The van der Waals surface area contributed by atoms with Crippen molar-refractivity contribution in [2.75, 3.05) is 39.6 Å². The predicted molar refractivity (Wildman–Crippen MR) is 386 cm³/mol. The Hall–Kier alpha value is -2.46. The lowest BCUT2D eigenvalue weighted by Crippen LogP contribution is -2.30. The highest BCUT2D eigenvalue weighted by Gasteiger charge is 2.30. The van der Waals surface area contributed by atoms with E-state index in [1.54, 1.807) is 0 Å². The van der Waals surface area contributed by atoms with Crippen molar-refractivity contribution in [1.82, 2.24) is 0 Å². The Morgan fingerprint density at radius 3 is 0.863 bits per heavy atom. The zero-order valence-corrected chi connectivity index (χ0v) is 63.2. The van der Waals surface area contributed by atoms with Crippen molar-refractivity contribution in [1.29, 1.82) is 0 Å². The molecule has 0 heterocycles. The third-order valence-electron chi connectivity index (χ3n) is 17.1. The van der Waals surface area contributed by atoms with Crippen molar-refractivity contribution < 1.29 is 80.2 Å². The minimum atomic E-state index is -4.96. The van der Waals surface area contributed by atoms with Gasteiger partial charge in [-0.1, -0.05) is 316 Å². The van der Waals surface area contributed by atoms with E-state index in [1.807, 2.05) is 0 Å². The zero-order valence-electron chi connectivity index (χ0n) is 61.5. The molecule has 0 fully saturated rings. The van der Waals surface area contributed by atoms with Crippen LogP contribution in [0.5, 0.6) is 0 Å². The fourth-order valence-electron chi connectivity index (χ4n) is 11.1. The highest BCUT2D eigenvalue weighted by atomic mass is 31.2. The normalized spacial score (nSPS) is 14.2. The number of aliphatic hydroxyl groups is 1. The topological polar surface area (TPSA) is 237 Å². The van der Waals surface area contributed by atoms with Gasteiger partial charge in [0.05, 0.1) is 26.4 Å². The molecule has 0 aromatic rings. The summed E-state index contributed by atoms with van der Waals surface area (Å²) in [5.74, 6) is -0.811. The molecule has 0 amide bonds. The summed E-state index contributed by atoms with van der Waals surface area (Å²) in [7, 11) is -9.92. The van der Waals surface area contributed by atoms with E-state index in [9.17, 15) is 43.2 Å². The molecule has 0 aromatic heterocycles. The molecule has 0 aliphatic heterocycles. The van der Waals surface area contributed by atoms with E-state index in [1.165, 1.54) is 161 Å². The Morgan fingerprint density at radius 2 is 0.568 bits per heavy atom. The predicted octanol–water partition coefficient (Wildman–Crippen LogP) is 21.9. The number of hydrogen-bond acceptors (Lipinski definition) is 15. The molecule has 3 N–H and O–H groups in total. The summed E-state index contributed by atoms with van der Waals surface area (Å²) in [5, 5.41) is 10.6. The number of hydrogen-bond donors (Lipinski definition) is 3. The Kier molecular flexibility index (Phi) is 65.6. The summed E-state index contributed by atoms with van der Waals surface area (Å²) in [6.45, 7) is 9.33. The van der Waals surface area contributed by atoms with Gasteiger partial charge in [0.25, 0.3) is 0 Å². The number of unbranched alkanes of at least 4 members (excludes halogenated alkanes) is 40. The Balaban J connectivity index is 5.19. The van der Waals surface area contributed by atoms with E-state index >= 15 is 0 Å². The van der Waals surface area contributed by atoms with Crippen LogP contribution < -0.4 is 0 Å². The van der Waals surface area contributed by atoms with Gasteiger partial charge < -0.3 is 33.8 Å². The third-order valence-corrected chi connectivity index (χ3v) is 19.0. The van der Waals surface area contributed by atoms with E-state index in [2.05, 4.69) is 65.8 Å². The van der Waals surface area contributed by atoms with Crippen LogP contribution in [0, 0.1) is 11.8 Å². The summed E-state index contributed by atoms with van der Waals surface area (Å²) in [6.07, 6.45) is 58.3. The number of allylic oxidation sites excluding steroid dienone is 4. The van der Waals surface area contributed by atoms with E-state index in [4.69, 9.17) is 37.0 Å². The number of ether oxygens (including phenoxy) is 4. The highest BCUT2D eigenvalue weighted by Crippen LogP contribution is 2.45. The number of carbonyl (C=O) groups is 4. The molecule has 0 bridgehead atoms. The molecule has 0 rings (SSSR count). The maximum absolute atomic E-state index is 13.1. The molecule has 560 valence electrons. The molecule has 0 saturated carbocycles. The van der Waals surface area contributed by atoms with Gasteiger partial charge in [-0.3, -0.25) is 37.3 Å². The van der Waals surface area contributed by atoms with Crippen LogP contribution in [-0.4, -0.2) is 96.7 Å². The molecular formula is C76H144O17P2. The van der Waals surface area contributed by atoms with Crippen molar-refractivity contribution in [3.63, 3.8) is 0 Å². The van der Waals surface area contributed by atoms with Gasteiger partial charge in [-0.2, -0.15) is 0 Å². The summed E-state index contributed by atoms with van der Waals surface area (Å²) < 4.78 is 68.3. The Labute approximate surface area is 580 Å². The van der Waals surface area contributed by atoms with Crippen LogP contribution >= 0.6 is 15.6 Å². The zero-order chi connectivity index (χ0) is 70.0. The SMILES string of the molecule is CCCCCC/C=C\C=C/CCCCCCCC(=O)OC[C@H](COP(=O)(O)OC[C@@H](O)COP(=O)(O)OC[C@@H](COC(=O)CCCCCCCCC(C)C)OC(=O)CCCCCCCCC(C)C)OC(=O)CCCCCCCCCCCCCCCCCCCCCCCC. The van der Waals surface area contributed by atoms with Crippen LogP contribution in [-0.2, 0) is 65.4 Å². The summed E-state index contributed by atoms with van der Waals surface area (Å²) in [5.41, 5.74) is 0. The van der Waals surface area contributed by atoms with Gasteiger partial charge in [-0.25, -0.2) is 9.13 Å². The first kappa shape index (κ1) is 92.5. The second kappa shape index (κ2) is 67.4. The van der Waals surface area contributed by atoms with E-state index in [0.717, 1.165) is 116 Å². The number of phosphoric ester groups is 2. The van der Waals surface area contributed by atoms with E-state index < -0.39 is 97.5 Å². The van der Waals surface area contributed by atoms with Crippen LogP contribution in [0.1, 0.15) is 369 Å². The maximum atomic E-state index is 13.1. The third kappa shape index (κ3) is 69.8. The average molecular weight is 1390 g/mol. The second-order valence-corrected chi connectivity index (χ2v) is 30.6. The van der Waals surface area contributed by atoms with Crippen molar-refractivity contribution in [3.8, 4) is 0 Å². The smallest absolute Gasteiger partial charge is 0.462 e. The number of esters is 4. The van der Waals surface area contributed by atoms with Crippen molar-refractivity contribution in [3.05, 3.63) is 24.3 Å². The lowest BCUT2D eigenvalue weighted by molar-refractivity contribution is -0.161. The maximum Gasteiger partial charge on any atom is 0.472 e. The van der Waals surface area contributed by atoms with Gasteiger partial charge in [-0.05, 0) is 63.2 Å². The highest BCUT2D eigenvalue weighted by molar-refractivity contribution is 7.47. The second-order valence-electron chi connectivity index (χ2n) is 27.7. The standard InChI is InChI=1S/C76H144O17P2/c1-7-9-11-13-15-17-19-21-23-24-25-26-27-28-29-31-33-35-37-39-48-54-60-75(80)92-71(64-86-73(78)58-52-46-38-36-34-32-30-22-20-18-16-14-12-10-8-2)66-90-94(82,83)88-62-70(77)63-89-95(84,85)91-67-72(93-76(81)61-55-49-43-41-45-51-57-69(5)6)65-87-74(79)59-53-47-42-40-44-50-56-68(3)4/h18,20,22,30,68-72,77H,7-17,19,21,23-29,31-67H2,1-6H3,(H,82,83)(H,84,85)/b20-18-,30-22-/t70-,71-,72-/m1/s1. The average Bonchev–Trinajstić information content (AvgIpc) is 2.65. The van der Waals surface area contributed by atoms with Gasteiger partial charge in [-0.15, -0.1) is 0 Å². The first-order valence-corrected chi connectivity index (χ1v) is 41.8. The summed E-state index contributed by atoms with van der Waals surface area (Å²) in [6, 6.07) is 0. The quantitative estimate of drug-likeness (QED) is 0.0169. The molecule has 0 saturated heterocycles. The van der Waals surface area contributed by atoms with Gasteiger partial charge >= 0.3 is 39.5 Å². The molecule has 19 heteroatoms. The van der Waals surface area contributed by atoms with Crippen molar-refractivity contribution in [2.45, 2.75) is 387 Å². The van der Waals surface area contributed by atoms with Crippen LogP contribution in [0.15, 0.2) is 24.3 Å². The molecule has 17 nitrogen and oxygen atoms in total. The Bertz CT molecular complexity index is 1930. The number of aliphatic hydroxyl groups excluding tert-OH is 1. The number of phosphoric acid groups is 2. The van der Waals surface area contributed by atoms with Crippen LogP contribution in [0.3, 0.4) is 0 Å². The molecule has 2 unspecified atom stereocenters. The minimum absolute atomic E-state index is 0.0988. The summed E-state index contributed by atoms with van der Waals surface area (Å²) >= 11 is 0. The van der Waals surface area contributed by atoms with Crippen molar-refractivity contribution in [2.24, 2.45) is 11.8 Å². The molecule has 0 spiro atoms. The van der Waals surface area contributed by atoms with E-state index in [-0.39, 0.29) is 25.7 Å². The van der Waals surface area contributed by atoms with Gasteiger partial charge in [0, 0.05) is 25.7 Å². The van der Waals surface area contributed by atoms with Gasteiger partial charge in [0.2, 0.25) is 0 Å². The number of rotatable bonds is 73. The molecule has 0 aliphatic carbocycles. The first-order chi connectivity index (χ1) is 45.9. The molecule has 0 aliphatic rings. The van der Waals surface area contributed by atoms with Gasteiger partial charge in [0.1, 0.15) is 19.3 Å². The molecule has 95 heavy (non-hydrogen) atoms. The fourth-order valence-corrected chi connectivity index (χ4v) is 12.7. The molecule has 0 aromatic carbocycles. The minimum Gasteiger partial charge on any atom is -0.462 e. The van der Waals surface area contributed by atoms with Crippen LogP contribution in [0.4, 0.5) is 0 Å². The largest absolute Gasteiger partial charge is 0.472 e.